The number of rotatable bonds is 5. The van der Waals surface area contributed by atoms with E-state index in [1.807, 2.05) is 27.7 Å². The molecule has 1 aromatic heterocycles. The van der Waals surface area contributed by atoms with Crippen molar-refractivity contribution in [3.63, 3.8) is 0 Å². The van der Waals surface area contributed by atoms with E-state index in [0.717, 1.165) is 13.1 Å². The number of aromatic amines is 2. The van der Waals surface area contributed by atoms with Crippen molar-refractivity contribution in [2.45, 2.75) is 50.3 Å². The number of aromatic nitrogens is 2. The van der Waals surface area contributed by atoms with Crippen LogP contribution in [0.15, 0.2) is 32.7 Å². The van der Waals surface area contributed by atoms with Gasteiger partial charge in [0.15, 0.2) is 0 Å². The lowest BCUT2D eigenvalue weighted by molar-refractivity contribution is -0.0945. The molecule has 1 fully saturated rings. The molecule has 3 rings (SSSR count). The summed E-state index contributed by atoms with van der Waals surface area (Å²) in [6, 6.07) is 4.18. The molecule has 2 unspecified atom stereocenters. The predicted octanol–water partition coefficient (Wildman–Crippen LogP) is 0.383. The van der Waals surface area contributed by atoms with Gasteiger partial charge in [-0.2, -0.15) is 0 Å². The molecule has 0 radical (unpaired) electrons. The molecule has 0 aliphatic carbocycles. The number of morpholine rings is 1. The van der Waals surface area contributed by atoms with Crippen molar-refractivity contribution < 1.29 is 13.2 Å². The Bertz CT molecular complexity index is 1080. The summed E-state index contributed by atoms with van der Waals surface area (Å²) in [6.07, 6.45) is 0.165. The van der Waals surface area contributed by atoms with Crippen LogP contribution in [0, 0.1) is 0 Å². The summed E-state index contributed by atoms with van der Waals surface area (Å²) in [5, 5.41) is 0. The van der Waals surface area contributed by atoms with Gasteiger partial charge < -0.3 is 14.7 Å². The maximum Gasteiger partial charge on any atom is 0.314 e. The van der Waals surface area contributed by atoms with Crippen molar-refractivity contribution in [1.82, 2.24) is 19.6 Å². The number of benzene rings is 1. The van der Waals surface area contributed by atoms with Crippen molar-refractivity contribution in [1.29, 1.82) is 0 Å². The van der Waals surface area contributed by atoms with Gasteiger partial charge in [-0.15, -0.1) is 0 Å². The van der Waals surface area contributed by atoms with E-state index in [0.29, 0.717) is 5.52 Å². The van der Waals surface area contributed by atoms with Crippen molar-refractivity contribution in [3.8, 4) is 0 Å². The summed E-state index contributed by atoms with van der Waals surface area (Å²) < 4.78 is 33.9. The Morgan fingerprint density at radius 3 is 2.29 bits per heavy atom. The third-order valence-corrected chi connectivity index (χ3v) is 6.37. The summed E-state index contributed by atoms with van der Waals surface area (Å²) in [7, 11) is -3.80. The van der Waals surface area contributed by atoms with Gasteiger partial charge >= 0.3 is 11.1 Å². The third kappa shape index (κ3) is 4.35. The molecule has 0 bridgehead atoms. The molecule has 9 nitrogen and oxygen atoms in total. The molecule has 154 valence electrons. The lowest BCUT2D eigenvalue weighted by Crippen LogP contribution is -2.58. The largest absolute Gasteiger partial charge is 0.373 e. The van der Waals surface area contributed by atoms with Crippen LogP contribution in [0.1, 0.15) is 27.7 Å². The van der Waals surface area contributed by atoms with Gasteiger partial charge in [0.25, 0.3) is 0 Å². The molecule has 0 spiro atoms. The molecule has 2 atom stereocenters. The Kier molecular flexibility index (Phi) is 5.50. The van der Waals surface area contributed by atoms with E-state index in [1.54, 1.807) is 0 Å². The van der Waals surface area contributed by atoms with Gasteiger partial charge in [-0.3, -0.25) is 14.5 Å². The van der Waals surface area contributed by atoms with Crippen LogP contribution in [-0.2, 0) is 14.8 Å². The molecule has 3 N–H and O–H groups in total. The lowest BCUT2D eigenvalue weighted by atomic mass is 10.0. The highest BCUT2D eigenvalue weighted by Crippen LogP contribution is 2.22. The van der Waals surface area contributed by atoms with Gasteiger partial charge in [0.05, 0.1) is 28.1 Å². The monoisotopic (exact) mass is 410 g/mol. The number of nitrogens with zero attached hydrogens (tertiary/aromatic N) is 1. The number of sulfonamides is 1. The zero-order chi connectivity index (χ0) is 20.7. The summed E-state index contributed by atoms with van der Waals surface area (Å²) in [5.74, 6) is 0. The maximum atomic E-state index is 12.8. The molecule has 0 saturated carbocycles. The first-order valence-corrected chi connectivity index (χ1v) is 10.6. The van der Waals surface area contributed by atoms with Crippen molar-refractivity contribution in [3.05, 3.63) is 38.9 Å². The number of hydrogen-bond donors (Lipinski definition) is 3. The minimum atomic E-state index is -3.80. The van der Waals surface area contributed by atoms with E-state index >= 15 is 0 Å². The molecule has 1 aliphatic rings. The van der Waals surface area contributed by atoms with Crippen LogP contribution in [0.4, 0.5) is 0 Å². The summed E-state index contributed by atoms with van der Waals surface area (Å²) in [5.41, 5.74) is -1.40. The number of H-pyrrole nitrogens is 2. The molecule has 1 aromatic carbocycles. The van der Waals surface area contributed by atoms with E-state index in [9.17, 15) is 18.0 Å². The van der Waals surface area contributed by atoms with Crippen LogP contribution >= 0.6 is 0 Å². The van der Waals surface area contributed by atoms with E-state index < -0.39 is 26.7 Å². The van der Waals surface area contributed by atoms with E-state index in [1.165, 1.54) is 18.2 Å². The lowest BCUT2D eigenvalue weighted by Gasteiger charge is -2.45. The van der Waals surface area contributed by atoms with Gasteiger partial charge in [0.1, 0.15) is 0 Å². The molecular weight excluding hydrogens is 384 g/mol. The number of hydrogen-bond acceptors (Lipinski definition) is 6. The number of fused-ring (bicyclic) bond motifs is 1. The molecular formula is C18H26N4O5S. The fraction of sp³-hybridized carbons (Fsp3) is 0.556. The van der Waals surface area contributed by atoms with Crippen LogP contribution < -0.4 is 15.8 Å². The fourth-order valence-corrected chi connectivity index (χ4v) is 4.63. The van der Waals surface area contributed by atoms with Crippen LogP contribution in [0.2, 0.25) is 0 Å². The molecule has 1 aliphatic heterocycles. The Morgan fingerprint density at radius 1 is 1.11 bits per heavy atom. The molecule has 0 amide bonds. The van der Waals surface area contributed by atoms with Crippen LogP contribution in [0.3, 0.4) is 0 Å². The van der Waals surface area contributed by atoms with Gasteiger partial charge in [-0.25, -0.2) is 13.1 Å². The average Bonchev–Trinajstić information content (AvgIpc) is 2.60. The first-order valence-electron chi connectivity index (χ1n) is 9.14. The highest BCUT2D eigenvalue weighted by Gasteiger charge is 2.34. The average molecular weight is 410 g/mol. The minimum Gasteiger partial charge on any atom is -0.373 e. The molecule has 28 heavy (non-hydrogen) atoms. The third-order valence-electron chi connectivity index (χ3n) is 4.97. The normalized spacial score (nSPS) is 21.9. The second-order valence-electron chi connectivity index (χ2n) is 7.91. The predicted molar refractivity (Wildman–Crippen MR) is 106 cm³/mol. The summed E-state index contributed by atoms with van der Waals surface area (Å²) >= 11 is 0. The Labute approximate surface area is 163 Å². The Balaban J connectivity index is 1.79. The topological polar surface area (TPSA) is 124 Å². The second kappa shape index (κ2) is 7.43. The van der Waals surface area contributed by atoms with Crippen LogP contribution in [0.25, 0.3) is 11.0 Å². The van der Waals surface area contributed by atoms with E-state index in [-0.39, 0.29) is 29.2 Å². The van der Waals surface area contributed by atoms with Crippen molar-refractivity contribution >= 4 is 21.1 Å². The molecule has 2 heterocycles. The minimum absolute atomic E-state index is 0.0159. The zero-order valence-corrected chi connectivity index (χ0v) is 17.2. The highest BCUT2D eigenvalue weighted by atomic mass is 32.2. The quantitative estimate of drug-likeness (QED) is 0.612. The Hall–Kier alpha value is -2.01. The molecule has 1 saturated heterocycles. The van der Waals surface area contributed by atoms with Crippen molar-refractivity contribution in [2.75, 3.05) is 19.6 Å². The standard InChI is InChI=1S/C18H26N4O5S/c1-11-8-22(9-12(2)27-11)18(3,4)10-19-28(25,26)13-5-6-14-15(7-13)21-17(24)16(23)20-14/h5-7,11-12,19H,8-10H2,1-4H3,(H,20,23)(H,21,24). The van der Waals surface area contributed by atoms with Gasteiger partial charge in [0.2, 0.25) is 10.0 Å². The van der Waals surface area contributed by atoms with Gasteiger partial charge in [-0.05, 0) is 45.9 Å². The fourth-order valence-electron chi connectivity index (χ4n) is 3.40. The van der Waals surface area contributed by atoms with Crippen molar-refractivity contribution in [2.24, 2.45) is 0 Å². The second-order valence-corrected chi connectivity index (χ2v) is 9.68. The van der Waals surface area contributed by atoms with Gasteiger partial charge in [0, 0.05) is 25.2 Å². The van der Waals surface area contributed by atoms with Gasteiger partial charge in [-0.1, -0.05) is 0 Å². The zero-order valence-electron chi connectivity index (χ0n) is 16.4. The van der Waals surface area contributed by atoms with Crippen LogP contribution in [-0.4, -0.2) is 60.7 Å². The SMILES string of the molecule is CC1CN(C(C)(C)CNS(=O)(=O)c2ccc3[nH]c(=O)c(=O)[nH]c3c2)CC(C)O1. The first-order chi connectivity index (χ1) is 13.0. The first kappa shape index (κ1) is 20.7. The number of nitrogens with one attached hydrogen (secondary N) is 3. The maximum absolute atomic E-state index is 12.8. The molecule has 2 aromatic rings. The molecule has 10 heteroatoms. The van der Waals surface area contributed by atoms with E-state index in [4.69, 9.17) is 4.74 Å². The van der Waals surface area contributed by atoms with E-state index in [2.05, 4.69) is 19.6 Å². The summed E-state index contributed by atoms with van der Waals surface area (Å²) in [4.78, 5) is 29.9. The Morgan fingerprint density at radius 2 is 1.68 bits per heavy atom. The smallest absolute Gasteiger partial charge is 0.314 e. The highest BCUT2D eigenvalue weighted by molar-refractivity contribution is 7.89. The summed E-state index contributed by atoms with van der Waals surface area (Å²) in [6.45, 7) is 9.65. The van der Waals surface area contributed by atoms with Crippen LogP contribution in [0.5, 0.6) is 0 Å². The number of ether oxygens (including phenoxy) is 1.